The van der Waals surface area contributed by atoms with Gasteiger partial charge in [-0.25, -0.2) is 0 Å². The zero-order valence-electron chi connectivity index (χ0n) is 17.4. The molecule has 1 aromatic rings. The van der Waals surface area contributed by atoms with Crippen molar-refractivity contribution in [2.45, 2.75) is 89.9 Å². The van der Waals surface area contributed by atoms with E-state index in [1.165, 1.54) is 19.3 Å². The van der Waals surface area contributed by atoms with E-state index in [0.717, 1.165) is 49.7 Å². The van der Waals surface area contributed by atoms with Gasteiger partial charge in [0.2, 0.25) is 0 Å². The monoisotopic (exact) mass is 407 g/mol. The number of ether oxygens (including phenoxy) is 1. The first-order valence-corrected chi connectivity index (χ1v) is 10.8. The van der Waals surface area contributed by atoms with Crippen molar-refractivity contribution >= 4 is 5.97 Å². The van der Waals surface area contributed by atoms with Crippen LogP contribution in [0.15, 0.2) is 12.1 Å². The average Bonchev–Trinajstić information content (AvgIpc) is 2.68. The number of carbonyl (C=O) groups excluding carboxylic acids is 1. The number of hydrogen-bond acceptors (Lipinski definition) is 6. The minimum Gasteiger partial charge on any atom is -0.508 e. The fourth-order valence-corrected chi connectivity index (χ4v) is 4.05. The number of carbonyl (C=O) groups is 1. The molecule has 0 unspecified atom stereocenters. The molecule has 0 amide bonds. The fraction of sp³-hybridized carbons (Fsp3) is 0.682. The maximum absolute atomic E-state index is 12.1. The zero-order valence-corrected chi connectivity index (χ0v) is 17.4. The molecule has 0 saturated heterocycles. The van der Waals surface area contributed by atoms with Gasteiger partial charge in [0.05, 0.1) is 6.61 Å². The summed E-state index contributed by atoms with van der Waals surface area (Å²) in [5.41, 5.74) is 2.13. The molecule has 0 heterocycles. The minimum atomic E-state index is -0.838. The first kappa shape index (κ1) is 23.0. The van der Waals surface area contributed by atoms with E-state index < -0.39 is 11.1 Å². The van der Waals surface area contributed by atoms with Gasteiger partial charge in [0, 0.05) is 18.1 Å². The summed E-state index contributed by atoms with van der Waals surface area (Å²) in [6, 6.07) is 3.47. The third-order valence-corrected chi connectivity index (χ3v) is 5.48. The molecule has 0 bridgehead atoms. The zero-order chi connectivity index (χ0) is 21.1. The van der Waals surface area contributed by atoms with Crippen LogP contribution in [0, 0.1) is 10.1 Å². The Morgan fingerprint density at radius 3 is 2.62 bits per heavy atom. The quantitative estimate of drug-likeness (QED) is 0.162. The van der Waals surface area contributed by atoms with Gasteiger partial charge in [0.25, 0.3) is 5.09 Å². The van der Waals surface area contributed by atoms with E-state index in [9.17, 15) is 20.0 Å². The number of benzene rings is 1. The summed E-state index contributed by atoms with van der Waals surface area (Å²) >= 11 is 0. The Labute approximate surface area is 172 Å². The van der Waals surface area contributed by atoms with E-state index in [2.05, 4.69) is 11.8 Å². The van der Waals surface area contributed by atoms with Crippen LogP contribution in [0.5, 0.6) is 11.5 Å². The average molecular weight is 408 g/mol. The van der Waals surface area contributed by atoms with E-state index in [4.69, 9.17) is 4.74 Å². The van der Waals surface area contributed by atoms with Crippen molar-refractivity contribution in [3.05, 3.63) is 33.4 Å². The second-order valence-corrected chi connectivity index (χ2v) is 7.80. The molecule has 0 spiro atoms. The van der Waals surface area contributed by atoms with E-state index in [1.54, 1.807) is 6.07 Å². The smallest absolute Gasteiger partial charge is 0.311 e. The molecule has 1 fully saturated rings. The maximum Gasteiger partial charge on any atom is 0.311 e. The molecule has 0 aromatic heterocycles. The molecule has 1 N–H and O–H groups in total. The molecule has 162 valence electrons. The number of rotatable bonds is 12. The van der Waals surface area contributed by atoms with Gasteiger partial charge in [-0.05, 0) is 56.1 Å². The molecule has 1 aromatic carbocycles. The molecule has 1 aliphatic carbocycles. The van der Waals surface area contributed by atoms with E-state index in [0.29, 0.717) is 24.5 Å². The van der Waals surface area contributed by atoms with Crippen LogP contribution in [0.1, 0.15) is 94.6 Å². The number of esters is 1. The second-order valence-electron chi connectivity index (χ2n) is 7.80. The topological polar surface area (TPSA) is 98.9 Å². The van der Waals surface area contributed by atoms with Crippen LogP contribution in [0.3, 0.4) is 0 Å². The van der Waals surface area contributed by atoms with Crippen molar-refractivity contribution in [3.8, 4) is 11.5 Å². The molecular weight excluding hydrogens is 374 g/mol. The normalized spacial score (nSPS) is 14.5. The van der Waals surface area contributed by atoms with Crippen LogP contribution in [0.25, 0.3) is 0 Å². The summed E-state index contributed by atoms with van der Waals surface area (Å²) in [6.07, 6.45) is 11.0. The number of hydrogen-bond donors (Lipinski definition) is 1. The van der Waals surface area contributed by atoms with Crippen molar-refractivity contribution < 1.29 is 24.6 Å². The second kappa shape index (κ2) is 12.3. The summed E-state index contributed by atoms with van der Waals surface area (Å²) in [4.78, 5) is 26.4. The molecule has 0 atom stereocenters. The molecule has 1 saturated carbocycles. The number of phenols is 1. The minimum absolute atomic E-state index is 0.0290. The molecule has 29 heavy (non-hydrogen) atoms. The summed E-state index contributed by atoms with van der Waals surface area (Å²) in [5.74, 6) is 0.579. The van der Waals surface area contributed by atoms with Gasteiger partial charge >= 0.3 is 5.97 Å². The number of unbranched alkanes of at least 4 members (excludes halogenated alkanes) is 3. The predicted octanol–water partition coefficient (Wildman–Crippen LogP) is 5.46. The van der Waals surface area contributed by atoms with Crippen LogP contribution in [0.2, 0.25) is 0 Å². The Morgan fingerprint density at radius 2 is 1.93 bits per heavy atom. The van der Waals surface area contributed by atoms with Gasteiger partial charge in [-0.1, -0.05) is 39.0 Å². The van der Waals surface area contributed by atoms with E-state index in [-0.39, 0.29) is 18.8 Å². The van der Waals surface area contributed by atoms with E-state index in [1.807, 2.05) is 6.07 Å². The summed E-state index contributed by atoms with van der Waals surface area (Å²) < 4.78 is 5.44. The summed E-state index contributed by atoms with van der Waals surface area (Å²) in [6.45, 7) is 2.13. The highest BCUT2D eigenvalue weighted by Gasteiger charge is 2.23. The molecular formula is C22H33NO6. The molecule has 0 radical (unpaired) electrons. The fourth-order valence-electron chi connectivity index (χ4n) is 4.05. The summed E-state index contributed by atoms with van der Waals surface area (Å²) in [5, 5.41) is 20.0. The number of phenolic OH excluding ortho intramolecular Hbond substituents is 1. The van der Waals surface area contributed by atoms with Crippen molar-refractivity contribution in [1.29, 1.82) is 0 Å². The van der Waals surface area contributed by atoms with E-state index >= 15 is 0 Å². The van der Waals surface area contributed by atoms with Gasteiger partial charge in [-0.3, -0.25) is 4.79 Å². The molecule has 7 heteroatoms. The van der Waals surface area contributed by atoms with Gasteiger partial charge in [-0.2, -0.15) is 0 Å². The third kappa shape index (κ3) is 7.91. The van der Waals surface area contributed by atoms with Crippen molar-refractivity contribution in [3.63, 3.8) is 0 Å². The Morgan fingerprint density at radius 1 is 1.17 bits per heavy atom. The molecule has 2 rings (SSSR count). The van der Waals surface area contributed by atoms with Crippen LogP contribution in [0.4, 0.5) is 0 Å². The van der Waals surface area contributed by atoms with Crippen LogP contribution in [-0.2, 0) is 16.1 Å². The van der Waals surface area contributed by atoms with Crippen molar-refractivity contribution in [1.82, 2.24) is 0 Å². The van der Waals surface area contributed by atoms with Gasteiger partial charge in [0.1, 0.15) is 11.5 Å². The Balaban J connectivity index is 2.01. The lowest BCUT2D eigenvalue weighted by Crippen LogP contribution is -2.11. The Bertz CT molecular complexity index is 670. The first-order valence-electron chi connectivity index (χ1n) is 10.8. The highest BCUT2D eigenvalue weighted by molar-refractivity contribution is 5.72. The van der Waals surface area contributed by atoms with Crippen LogP contribution < -0.4 is 4.74 Å². The largest absolute Gasteiger partial charge is 0.508 e. The highest BCUT2D eigenvalue weighted by Crippen LogP contribution is 2.41. The Hall–Kier alpha value is -2.31. The van der Waals surface area contributed by atoms with Crippen molar-refractivity contribution in [2.24, 2.45) is 0 Å². The number of nitrogens with zero attached hydrogens (tertiary/aromatic N) is 1. The Kier molecular flexibility index (Phi) is 9.74. The molecule has 1 aliphatic rings. The highest BCUT2D eigenvalue weighted by atomic mass is 16.9. The molecule has 7 nitrogen and oxygen atoms in total. The SMILES string of the molecule is CCCCCc1cc(OC(=O)CCCCO[N+](=O)[O-])cc(O)c1C1CCCCC1. The first-order chi connectivity index (χ1) is 14.0. The lowest BCUT2D eigenvalue weighted by Gasteiger charge is -2.26. The van der Waals surface area contributed by atoms with Crippen molar-refractivity contribution in [2.75, 3.05) is 6.61 Å². The van der Waals surface area contributed by atoms with Gasteiger partial charge in [-0.15, -0.1) is 10.1 Å². The maximum atomic E-state index is 12.1. The third-order valence-electron chi connectivity index (χ3n) is 5.48. The number of aryl methyl sites for hydroxylation is 1. The van der Waals surface area contributed by atoms with Gasteiger partial charge < -0.3 is 14.7 Å². The lowest BCUT2D eigenvalue weighted by molar-refractivity contribution is -0.757. The summed E-state index contributed by atoms with van der Waals surface area (Å²) in [7, 11) is 0. The molecule has 0 aliphatic heterocycles. The van der Waals surface area contributed by atoms with Crippen LogP contribution in [-0.4, -0.2) is 22.8 Å². The van der Waals surface area contributed by atoms with Gasteiger partial charge in [0.15, 0.2) is 0 Å². The predicted molar refractivity (Wildman–Crippen MR) is 110 cm³/mol. The lowest BCUT2D eigenvalue weighted by atomic mass is 9.80. The standard InChI is InChI=1S/C22H33NO6/c1-2-3-5-12-18-15-19(29-21(25)13-8-9-14-28-23(26)27)16-20(24)22(18)17-10-6-4-7-11-17/h15-17,24H,2-14H2,1H3. The van der Waals surface area contributed by atoms with Crippen LogP contribution >= 0.6 is 0 Å². The number of aromatic hydroxyl groups is 1.